The number of hydrogen-bond donors (Lipinski definition) is 0. The Morgan fingerprint density at radius 3 is 1.42 bits per heavy atom. The minimum Gasteiger partial charge on any atom is -0.208 e. The van der Waals surface area contributed by atoms with Crippen molar-refractivity contribution >= 4 is 43.1 Å². The third-order valence-electron chi connectivity index (χ3n) is 10.1. The second kappa shape index (κ2) is 12.4. The van der Waals surface area contributed by atoms with E-state index in [0.29, 0.717) is 17.5 Å². The summed E-state index contributed by atoms with van der Waals surface area (Å²) >= 11 is 0. The first kappa shape index (κ1) is 29.9. The maximum Gasteiger partial charge on any atom is 0.164 e. The third kappa shape index (κ3) is 5.28. The van der Waals surface area contributed by atoms with Crippen LogP contribution in [0.3, 0.4) is 0 Å². The fourth-order valence-corrected chi connectivity index (χ4v) is 7.45. The molecule has 0 fully saturated rings. The van der Waals surface area contributed by atoms with Gasteiger partial charge in [0.25, 0.3) is 0 Å². The van der Waals surface area contributed by atoms with E-state index in [-0.39, 0.29) is 0 Å². The van der Waals surface area contributed by atoms with Crippen LogP contribution in [0.15, 0.2) is 188 Å². The van der Waals surface area contributed by atoms with E-state index in [1.807, 2.05) is 30.3 Å². The Morgan fingerprint density at radius 1 is 0.231 bits per heavy atom. The zero-order chi connectivity index (χ0) is 34.4. The van der Waals surface area contributed by atoms with Gasteiger partial charge < -0.3 is 0 Å². The third-order valence-corrected chi connectivity index (χ3v) is 10.1. The molecule has 0 aliphatic rings. The average molecular weight is 662 g/mol. The van der Waals surface area contributed by atoms with Gasteiger partial charge in [-0.15, -0.1) is 0 Å². The summed E-state index contributed by atoms with van der Waals surface area (Å²) in [5.41, 5.74) is 7.63. The Kier molecular flexibility index (Phi) is 7.14. The van der Waals surface area contributed by atoms with Crippen LogP contribution in [0.4, 0.5) is 0 Å². The highest BCUT2D eigenvalue weighted by atomic mass is 15.0. The molecule has 1 aromatic heterocycles. The van der Waals surface area contributed by atoms with Crippen molar-refractivity contribution in [1.82, 2.24) is 15.0 Å². The Bertz CT molecular complexity index is 2930. The summed E-state index contributed by atoms with van der Waals surface area (Å²) in [5.74, 6) is 1.96. The highest BCUT2D eigenvalue weighted by Crippen LogP contribution is 2.40. The number of aromatic nitrogens is 3. The number of fused-ring (bicyclic) bond motifs is 5. The van der Waals surface area contributed by atoms with Gasteiger partial charge in [0.1, 0.15) is 0 Å². The molecule has 0 atom stereocenters. The SMILES string of the molecule is c1ccc(-c2nc(-c3ccc(-c4ccc(-c5c6ccccc6cc6c5ccc5ccccc56)cc4)cc3)nc(-c3ccc4ccccc4c3)n2)cc1. The van der Waals surface area contributed by atoms with Gasteiger partial charge in [0, 0.05) is 16.7 Å². The van der Waals surface area contributed by atoms with Gasteiger partial charge in [-0.05, 0) is 77.5 Å². The molecule has 3 heteroatoms. The molecular weight excluding hydrogens is 631 g/mol. The zero-order valence-electron chi connectivity index (χ0n) is 28.2. The van der Waals surface area contributed by atoms with Gasteiger partial charge in [-0.3, -0.25) is 0 Å². The fraction of sp³-hybridized carbons (Fsp3) is 0. The van der Waals surface area contributed by atoms with Crippen molar-refractivity contribution in [2.75, 3.05) is 0 Å². The molecule has 0 saturated heterocycles. The van der Waals surface area contributed by atoms with Crippen LogP contribution in [-0.2, 0) is 0 Å². The highest BCUT2D eigenvalue weighted by Gasteiger charge is 2.15. The molecular formula is C49H31N3. The van der Waals surface area contributed by atoms with E-state index in [4.69, 9.17) is 15.0 Å². The lowest BCUT2D eigenvalue weighted by Gasteiger charge is -2.14. The van der Waals surface area contributed by atoms with E-state index < -0.39 is 0 Å². The largest absolute Gasteiger partial charge is 0.208 e. The van der Waals surface area contributed by atoms with E-state index >= 15 is 0 Å². The molecule has 1 heterocycles. The summed E-state index contributed by atoms with van der Waals surface area (Å²) in [7, 11) is 0. The van der Waals surface area contributed by atoms with Crippen molar-refractivity contribution in [3.05, 3.63) is 188 Å². The minimum atomic E-state index is 0.647. The van der Waals surface area contributed by atoms with Gasteiger partial charge in [0.15, 0.2) is 17.5 Å². The van der Waals surface area contributed by atoms with Gasteiger partial charge in [0.05, 0.1) is 0 Å². The first-order chi connectivity index (χ1) is 25.7. The minimum absolute atomic E-state index is 0.647. The van der Waals surface area contributed by atoms with Crippen LogP contribution in [0, 0.1) is 0 Å². The second-order valence-corrected chi connectivity index (χ2v) is 13.2. The summed E-state index contributed by atoms with van der Waals surface area (Å²) in [6.07, 6.45) is 0. The average Bonchev–Trinajstić information content (AvgIpc) is 3.23. The molecule has 0 spiro atoms. The zero-order valence-corrected chi connectivity index (χ0v) is 28.2. The Morgan fingerprint density at radius 2 is 0.712 bits per heavy atom. The van der Waals surface area contributed by atoms with E-state index in [9.17, 15) is 0 Å². The Labute approximate surface area is 301 Å². The van der Waals surface area contributed by atoms with Crippen LogP contribution in [0.2, 0.25) is 0 Å². The molecule has 52 heavy (non-hydrogen) atoms. The lowest BCUT2D eigenvalue weighted by molar-refractivity contribution is 1.07. The summed E-state index contributed by atoms with van der Waals surface area (Å²) in [6.45, 7) is 0. The standard InChI is InChI=1S/C49H31N3/c1-2-12-37(13-3-1)47-50-48(52-49(51-47)41-27-22-32-10-4-5-14-39(32)30-41)38-25-20-34(21-26-38)33-18-23-36(24-19-33)46-43-17-9-7-15-40(43)31-45-42-16-8-6-11-35(42)28-29-44(45)46/h1-31H. The molecule has 0 amide bonds. The molecule has 0 N–H and O–H groups in total. The Balaban J connectivity index is 1.02. The predicted octanol–water partition coefficient (Wildman–Crippen LogP) is 12.8. The van der Waals surface area contributed by atoms with Gasteiger partial charge in [-0.2, -0.15) is 0 Å². The van der Waals surface area contributed by atoms with Gasteiger partial charge in [-0.25, -0.2) is 15.0 Å². The fourth-order valence-electron chi connectivity index (χ4n) is 7.45. The van der Waals surface area contributed by atoms with Gasteiger partial charge >= 0.3 is 0 Å². The number of benzene rings is 9. The number of nitrogens with zero attached hydrogens (tertiary/aromatic N) is 3. The molecule has 242 valence electrons. The van der Waals surface area contributed by atoms with E-state index in [1.165, 1.54) is 48.8 Å². The molecule has 10 aromatic rings. The van der Waals surface area contributed by atoms with E-state index in [0.717, 1.165) is 33.2 Å². The molecule has 9 aromatic carbocycles. The van der Waals surface area contributed by atoms with Crippen molar-refractivity contribution in [1.29, 1.82) is 0 Å². The quantitative estimate of drug-likeness (QED) is 0.136. The lowest BCUT2D eigenvalue weighted by atomic mass is 9.89. The van der Waals surface area contributed by atoms with E-state index in [2.05, 4.69) is 158 Å². The topological polar surface area (TPSA) is 38.7 Å². The smallest absolute Gasteiger partial charge is 0.164 e. The summed E-state index contributed by atoms with van der Waals surface area (Å²) < 4.78 is 0. The first-order valence-corrected chi connectivity index (χ1v) is 17.6. The number of hydrogen-bond acceptors (Lipinski definition) is 3. The summed E-state index contributed by atoms with van der Waals surface area (Å²) in [4.78, 5) is 14.9. The first-order valence-electron chi connectivity index (χ1n) is 17.6. The summed E-state index contributed by atoms with van der Waals surface area (Å²) in [5, 5.41) is 9.94. The van der Waals surface area contributed by atoms with Crippen LogP contribution in [-0.4, -0.2) is 15.0 Å². The highest BCUT2D eigenvalue weighted by molar-refractivity contribution is 6.20. The van der Waals surface area contributed by atoms with Crippen LogP contribution in [0.1, 0.15) is 0 Å². The molecule has 3 nitrogen and oxygen atoms in total. The monoisotopic (exact) mass is 661 g/mol. The predicted molar refractivity (Wildman–Crippen MR) is 217 cm³/mol. The molecule has 0 unspecified atom stereocenters. The van der Waals surface area contributed by atoms with Gasteiger partial charge in [-0.1, -0.05) is 176 Å². The van der Waals surface area contributed by atoms with Crippen LogP contribution in [0.5, 0.6) is 0 Å². The normalized spacial score (nSPS) is 11.5. The van der Waals surface area contributed by atoms with Crippen LogP contribution in [0.25, 0.3) is 99.5 Å². The number of rotatable bonds is 5. The van der Waals surface area contributed by atoms with Gasteiger partial charge in [0.2, 0.25) is 0 Å². The van der Waals surface area contributed by atoms with Crippen molar-refractivity contribution in [2.45, 2.75) is 0 Å². The Hall–Kier alpha value is -6.97. The maximum absolute atomic E-state index is 5.00. The van der Waals surface area contributed by atoms with Crippen LogP contribution < -0.4 is 0 Å². The molecule has 0 aliphatic carbocycles. The van der Waals surface area contributed by atoms with Crippen LogP contribution >= 0.6 is 0 Å². The summed E-state index contributed by atoms with van der Waals surface area (Å²) in [6, 6.07) is 66.6. The molecule has 0 radical (unpaired) electrons. The maximum atomic E-state index is 5.00. The van der Waals surface area contributed by atoms with Crippen molar-refractivity contribution < 1.29 is 0 Å². The van der Waals surface area contributed by atoms with Crippen molar-refractivity contribution in [2.24, 2.45) is 0 Å². The molecule has 0 aliphatic heterocycles. The molecule has 0 saturated carbocycles. The van der Waals surface area contributed by atoms with E-state index in [1.54, 1.807) is 0 Å². The second-order valence-electron chi connectivity index (χ2n) is 13.2. The lowest BCUT2D eigenvalue weighted by Crippen LogP contribution is -2.00. The molecule has 0 bridgehead atoms. The van der Waals surface area contributed by atoms with Crippen molar-refractivity contribution in [3.8, 4) is 56.4 Å². The van der Waals surface area contributed by atoms with Crippen molar-refractivity contribution in [3.63, 3.8) is 0 Å². The molecule has 10 rings (SSSR count).